The Balaban J connectivity index is 2.12. The lowest BCUT2D eigenvalue weighted by Crippen LogP contribution is -2.31. The van der Waals surface area contributed by atoms with Crippen molar-refractivity contribution in [3.63, 3.8) is 0 Å². The first-order valence-electron chi connectivity index (χ1n) is 5.16. The van der Waals surface area contributed by atoms with Crippen molar-refractivity contribution in [2.75, 3.05) is 18.5 Å². The summed E-state index contributed by atoms with van der Waals surface area (Å²) in [5.74, 6) is 0. The standard InChI is InChI=1S/C9H15N3O2S3/c1-6-7(16-8(10)12-6)17(13,14)11-5-9(15-2)3-4-9/h11H,3-5H2,1-2H3,(H2,10,12). The van der Waals surface area contributed by atoms with Crippen molar-refractivity contribution in [2.24, 2.45) is 0 Å². The van der Waals surface area contributed by atoms with Crippen LogP contribution in [0.25, 0.3) is 0 Å². The lowest BCUT2D eigenvalue weighted by Gasteiger charge is -2.12. The van der Waals surface area contributed by atoms with Crippen LogP contribution < -0.4 is 10.5 Å². The molecule has 1 fully saturated rings. The second-order valence-electron chi connectivity index (χ2n) is 4.14. The van der Waals surface area contributed by atoms with Gasteiger partial charge in [0.25, 0.3) is 10.0 Å². The number of thiazole rings is 1. The molecular weight excluding hydrogens is 278 g/mol. The molecule has 17 heavy (non-hydrogen) atoms. The van der Waals surface area contributed by atoms with Gasteiger partial charge in [-0.1, -0.05) is 11.3 Å². The molecule has 0 spiro atoms. The fraction of sp³-hybridized carbons (Fsp3) is 0.667. The van der Waals surface area contributed by atoms with E-state index in [2.05, 4.69) is 9.71 Å². The fourth-order valence-electron chi connectivity index (χ4n) is 1.54. The highest BCUT2D eigenvalue weighted by molar-refractivity contribution is 8.00. The molecule has 1 saturated carbocycles. The largest absolute Gasteiger partial charge is 0.375 e. The third-order valence-electron chi connectivity index (χ3n) is 2.84. The van der Waals surface area contributed by atoms with Crippen LogP contribution in [0.5, 0.6) is 0 Å². The van der Waals surface area contributed by atoms with Crippen molar-refractivity contribution >= 4 is 38.3 Å². The molecule has 2 rings (SSSR count). The molecule has 0 atom stereocenters. The smallest absolute Gasteiger partial charge is 0.252 e. The second kappa shape index (κ2) is 4.42. The van der Waals surface area contributed by atoms with E-state index in [4.69, 9.17) is 5.73 Å². The minimum Gasteiger partial charge on any atom is -0.375 e. The number of rotatable bonds is 5. The van der Waals surface area contributed by atoms with E-state index < -0.39 is 10.0 Å². The van der Waals surface area contributed by atoms with Crippen LogP contribution in [0.2, 0.25) is 0 Å². The Morgan fingerprint density at radius 3 is 2.65 bits per heavy atom. The Labute approximate surface area is 109 Å². The maximum absolute atomic E-state index is 12.1. The molecule has 5 nitrogen and oxygen atoms in total. The van der Waals surface area contributed by atoms with Crippen molar-refractivity contribution in [3.8, 4) is 0 Å². The van der Waals surface area contributed by atoms with Gasteiger partial charge in [0.2, 0.25) is 0 Å². The summed E-state index contributed by atoms with van der Waals surface area (Å²) in [5, 5.41) is 0.286. The van der Waals surface area contributed by atoms with E-state index in [0.717, 1.165) is 24.2 Å². The summed E-state index contributed by atoms with van der Waals surface area (Å²) in [6.07, 6.45) is 4.15. The van der Waals surface area contributed by atoms with Gasteiger partial charge in [-0.25, -0.2) is 18.1 Å². The predicted molar refractivity (Wildman–Crippen MR) is 71.9 cm³/mol. The first-order chi connectivity index (χ1) is 7.88. The van der Waals surface area contributed by atoms with Gasteiger partial charge in [-0.05, 0) is 26.0 Å². The molecule has 0 aliphatic heterocycles. The third-order valence-corrected chi connectivity index (χ3v) is 7.26. The highest BCUT2D eigenvalue weighted by Crippen LogP contribution is 2.46. The highest BCUT2D eigenvalue weighted by Gasteiger charge is 2.42. The predicted octanol–water partition coefficient (Wildman–Crippen LogP) is 1.21. The van der Waals surface area contributed by atoms with Crippen molar-refractivity contribution in [1.82, 2.24) is 9.71 Å². The fourth-order valence-corrected chi connectivity index (χ4v) is 4.82. The lowest BCUT2D eigenvalue weighted by molar-refractivity contribution is 0.581. The lowest BCUT2D eigenvalue weighted by atomic mass is 10.4. The van der Waals surface area contributed by atoms with E-state index in [1.54, 1.807) is 18.7 Å². The van der Waals surface area contributed by atoms with Crippen LogP contribution >= 0.6 is 23.1 Å². The topological polar surface area (TPSA) is 85.1 Å². The minimum atomic E-state index is -3.46. The van der Waals surface area contributed by atoms with Gasteiger partial charge < -0.3 is 5.73 Å². The highest BCUT2D eigenvalue weighted by atomic mass is 32.2. The summed E-state index contributed by atoms with van der Waals surface area (Å²) in [7, 11) is -3.46. The Hall–Kier alpha value is -0.310. The zero-order chi connectivity index (χ0) is 12.7. The Morgan fingerprint density at radius 1 is 1.59 bits per heavy atom. The SMILES string of the molecule is CSC1(CNS(=O)(=O)c2sc(N)nc2C)CC1. The maximum atomic E-state index is 12.1. The van der Waals surface area contributed by atoms with Crippen LogP contribution in [0.15, 0.2) is 4.21 Å². The molecule has 0 amide bonds. The average Bonchev–Trinajstić information content (AvgIpc) is 2.96. The minimum absolute atomic E-state index is 0.108. The number of aryl methyl sites for hydroxylation is 1. The Kier molecular flexibility index (Phi) is 3.41. The van der Waals surface area contributed by atoms with E-state index in [9.17, 15) is 8.42 Å². The number of hydrogen-bond acceptors (Lipinski definition) is 6. The molecule has 0 aromatic carbocycles. The quantitative estimate of drug-likeness (QED) is 0.852. The number of sulfonamides is 1. The Bertz CT molecular complexity index is 520. The molecular formula is C9H15N3O2S3. The second-order valence-corrected chi connectivity index (χ2v) is 8.40. The summed E-state index contributed by atoms with van der Waals surface area (Å²) in [6.45, 7) is 2.14. The zero-order valence-electron chi connectivity index (χ0n) is 9.69. The van der Waals surface area contributed by atoms with Crippen LogP contribution in [0.3, 0.4) is 0 Å². The molecule has 96 valence electrons. The van der Waals surface area contributed by atoms with Gasteiger partial charge in [0, 0.05) is 11.3 Å². The molecule has 0 unspecified atom stereocenters. The van der Waals surface area contributed by atoms with Crippen molar-refractivity contribution in [3.05, 3.63) is 5.69 Å². The van der Waals surface area contributed by atoms with Crippen LogP contribution in [0.4, 0.5) is 5.13 Å². The summed E-state index contributed by atoms with van der Waals surface area (Å²) in [5.41, 5.74) is 5.97. The summed E-state index contributed by atoms with van der Waals surface area (Å²) in [6, 6.07) is 0. The van der Waals surface area contributed by atoms with E-state index in [1.807, 2.05) is 6.26 Å². The molecule has 1 heterocycles. The van der Waals surface area contributed by atoms with Gasteiger partial charge in [-0.3, -0.25) is 0 Å². The van der Waals surface area contributed by atoms with Gasteiger partial charge in [-0.15, -0.1) is 0 Å². The number of nitrogen functional groups attached to an aromatic ring is 1. The molecule has 0 bridgehead atoms. The number of anilines is 1. The molecule has 1 aromatic heterocycles. The Morgan fingerprint density at radius 2 is 2.24 bits per heavy atom. The summed E-state index contributed by atoms with van der Waals surface area (Å²) < 4.78 is 27.1. The molecule has 8 heteroatoms. The van der Waals surface area contributed by atoms with E-state index >= 15 is 0 Å². The summed E-state index contributed by atoms with van der Waals surface area (Å²) in [4.78, 5) is 3.93. The van der Waals surface area contributed by atoms with Gasteiger partial charge in [0.15, 0.2) is 9.34 Å². The number of nitrogens with two attached hydrogens (primary N) is 1. The molecule has 1 aliphatic rings. The van der Waals surface area contributed by atoms with Crippen LogP contribution in [-0.2, 0) is 10.0 Å². The van der Waals surface area contributed by atoms with Crippen molar-refractivity contribution in [2.45, 2.75) is 28.7 Å². The molecule has 1 aliphatic carbocycles. The first-order valence-corrected chi connectivity index (χ1v) is 8.69. The molecule has 1 aromatic rings. The van der Waals surface area contributed by atoms with Gasteiger partial charge in [0.1, 0.15) is 0 Å². The van der Waals surface area contributed by atoms with Crippen LogP contribution in [-0.4, -0.2) is 30.9 Å². The van der Waals surface area contributed by atoms with Gasteiger partial charge in [0.05, 0.1) is 5.69 Å². The molecule has 0 saturated heterocycles. The number of nitrogens with zero attached hydrogens (tertiary/aromatic N) is 1. The number of nitrogens with one attached hydrogen (secondary N) is 1. The molecule has 0 radical (unpaired) electrons. The van der Waals surface area contributed by atoms with Crippen LogP contribution in [0, 0.1) is 6.92 Å². The first kappa shape index (κ1) is 13.1. The van der Waals surface area contributed by atoms with Crippen molar-refractivity contribution in [1.29, 1.82) is 0 Å². The number of thioether (sulfide) groups is 1. The average molecular weight is 293 g/mol. The van der Waals surface area contributed by atoms with Gasteiger partial charge in [-0.2, -0.15) is 11.8 Å². The van der Waals surface area contributed by atoms with Crippen molar-refractivity contribution < 1.29 is 8.42 Å². The maximum Gasteiger partial charge on any atom is 0.252 e. The van der Waals surface area contributed by atoms with Crippen LogP contribution in [0.1, 0.15) is 18.5 Å². The zero-order valence-corrected chi connectivity index (χ0v) is 12.1. The number of aromatic nitrogens is 1. The third kappa shape index (κ3) is 2.75. The summed E-state index contributed by atoms with van der Waals surface area (Å²) >= 11 is 2.73. The van der Waals surface area contributed by atoms with E-state index in [0.29, 0.717) is 12.2 Å². The monoisotopic (exact) mass is 293 g/mol. The number of hydrogen-bond donors (Lipinski definition) is 2. The molecule has 3 N–H and O–H groups in total. The van der Waals surface area contributed by atoms with E-state index in [-0.39, 0.29) is 14.1 Å². The van der Waals surface area contributed by atoms with Gasteiger partial charge >= 0.3 is 0 Å². The normalized spacial score (nSPS) is 18.2. The van der Waals surface area contributed by atoms with E-state index in [1.165, 1.54) is 0 Å².